The van der Waals surface area contributed by atoms with Crippen molar-refractivity contribution in [1.29, 1.82) is 0 Å². The number of unbranched alkanes of at least 4 members (excludes halogenated alkanes) is 2. The molecule has 0 saturated heterocycles. The molecule has 0 atom stereocenters. The van der Waals surface area contributed by atoms with E-state index in [2.05, 4.69) is 92.3 Å². The minimum atomic E-state index is 0.684. The van der Waals surface area contributed by atoms with Crippen LogP contribution in [0.15, 0.2) is 91.4 Å². The van der Waals surface area contributed by atoms with E-state index in [-0.39, 0.29) is 0 Å². The van der Waals surface area contributed by atoms with Crippen LogP contribution in [0.2, 0.25) is 0 Å². The van der Waals surface area contributed by atoms with Crippen LogP contribution in [-0.4, -0.2) is 41.2 Å². The van der Waals surface area contributed by atoms with Gasteiger partial charge in [-0.05, 0) is 87.0 Å². The summed E-state index contributed by atoms with van der Waals surface area (Å²) in [5, 5.41) is 9.33. The second-order valence-corrected chi connectivity index (χ2v) is 10.2. The molecule has 0 amide bonds. The first-order valence-electron chi connectivity index (χ1n) is 14.6. The largest absolute Gasteiger partial charge is 0.493 e. The molecule has 0 unspecified atom stereocenters. The quantitative estimate of drug-likeness (QED) is 0.133. The Morgan fingerprint density at radius 1 is 0.625 bits per heavy atom. The maximum atomic E-state index is 6.00. The first kappa shape index (κ1) is 27.5. The van der Waals surface area contributed by atoms with Gasteiger partial charge in [-0.15, -0.1) is 0 Å². The van der Waals surface area contributed by atoms with E-state index >= 15 is 0 Å². The second-order valence-electron chi connectivity index (χ2n) is 10.2. The lowest BCUT2D eigenvalue weighted by molar-refractivity contribution is 0.308. The number of hydrogen-bond acceptors (Lipinski definition) is 6. The number of fused-ring (bicyclic) bond motifs is 2. The van der Waals surface area contributed by atoms with Gasteiger partial charge in [0, 0.05) is 29.6 Å². The highest BCUT2D eigenvalue weighted by Gasteiger charge is 2.06. The van der Waals surface area contributed by atoms with Gasteiger partial charge in [-0.3, -0.25) is 4.98 Å². The minimum Gasteiger partial charge on any atom is -0.493 e. The topological polar surface area (TPSA) is 72.0 Å². The van der Waals surface area contributed by atoms with Crippen molar-refractivity contribution in [3.05, 3.63) is 103 Å². The standard InChI is InChI=1S/C34H39N5O/c1-3-11-27(12-4-1)13-9-22-37-34-31-18-17-29(25-33(31)38-26-39-34)40-24-10-21-35-20-8-2-5-14-28-19-23-36-32-16-7-6-15-30(28)32/h1,3-4,6-7,11-12,15-19,23,25-26,35H,2,5,8-10,13-14,20-22,24H2,(H,37,38,39). The van der Waals surface area contributed by atoms with Crippen molar-refractivity contribution in [3.63, 3.8) is 0 Å². The Kier molecular flexibility index (Phi) is 10.3. The number of benzene rings is 3. The average Bonchev–Trinajstić information content (AvgIpc) is 3.00. The molecule has 0 fully saturated rings. The maximum Gasteiger partial charge on any atom is 0.137 e. The summed E-state index contributed by atoms with van der Waals surface area (Å²) in [6.45, 7) is 3.56. The van der Waals surface area contributed by atoms with E-state index < -0.39 is 0 Å². The van der Waals surface area contributed by atoms with Gasteiger partial charge in [0.15, 0.2) is 0 Å². The molecule has 0 saturated carbocycles. The fourth-order valence-corrected chi connectivity index (χ4v) is 5.04. The number of ether oxygens (including phenoxy) is 1. The van der Waals surface area contributed by atoms with E-state index in [0.717, 1.165) is 73.3 Å². The molecule has 5 aromatic rings. The van der Waals surface area contributed by atoms with Crippen molar-refractivity contribution >= 4 is 27.6 Å². The monoisotopic (exact) mass is 533 g/mol. The molecule has 2 N–H and O–H groups in total. The van der Waals surface area contributed by atoms with E-state index in [0.29, 0.717) is 6.61 Å². The van der Waals surface area contributed by atoms with Crippen LogP contribution >= 0.6 is 0 Å². The van der Waals surface area contributed by atoms with Gasteiger partial charge in [0.05, 0.1) is 17.6 Å². The van der Waals surface area contributed by atoms with Gasteiger partial charge in [0.1, 0.15) is 17.9 Å². The highest BCUT2D eigenvalue weighted by atomic mass is 16.5. The first-order valence-corrected chi connectivity index (χ1v) is 14.6. The summed E-state index contributed by atoms with van der Waals surface area (Å²) in [7, 11) is 0. The van der Waals surface area contributed by atoms with E-state index in [1.807, 2.05) is 18.3 Å². The van der Waals surface area contributed by atoms with Gasteiger partial charge in [0.2, 0.25) is 0 Å². The summed E-state index contributed by atoms with van der Waals surface area (Å²) in [4.78, 5) is 13.4. The van der Waals surface area contributed by atoms with E-state index in [1.165, 1.54) is 35.8 Å². The molecule has 0 aliphatic rings. The lowest BCUT2D eigenvalue weighted by Crippen LogP contribution is -2.18. The van der Waals surface area contributed by atoms with Crippen molar-refractivity contribution < 1.29 is 4.74 Å². The zero-order chi connectivity index (χ0) is 27.2. The number of hydrogen-bond donors (Lipinski definition) is 2. The molecule has 6 nitrogen and oxygen atoms in total. The van der Waals surface area contributed by atoms with Gasteiger partial charge >= 0.3 is 0 Å². The van der Waals surface area contributed by atoms with Crippen LogP contribution in [0.4, 0.5) is 5.82 Å². The zero-order valence-electron chi connectivity index (χ0n) is 23.2. The molecule has 0 aliphatic heterocycles. The van der Waals surface area contributed by atoms with Crippen molar-refractivity contribution in [1.82, 2.24) is 20.3 Å². The number of nitrogens with one attached hydrogen (secondary N) is 2. The predicted octanol–water partition coefficient (Wildman–Crippen LogP) is 6.99. The number of anilines is 1. The van der Waals surface area contributed by atoms with Gasteiger partial charge in [-0.1, -0.05) is 55.0 Å². The Morgan fingerprint density at radius 3 is 2.45 bits per heavy atom. The summed E-state index contributed by atoms with van der Waals surface area (Å²) < 4.78 is 6.00. The van der Waals surface area contributed by atoms with Crippen molar-refractivity contribution in [2.24, 2.45) is 0 Å². The third kappa shape index (κ3) is 7.99. The fraction of sp³-hybridized carbons (Fsp3) is 0.324. The second kappa shape index (κ2) is 14.9. The SMILES string of the molecule is c1ccc(CCCNc2ncnc3cc(OCCCNCCCCCc4ccnc5ccccc45)ccc23)cc1. The van der Waals surface area contributed by atoms with Crippen LogP contribution in [0.1, 0.15) is 43.2 Å². The molecular formula is C34H39N5O. The van der Waals surface area contributed by atoms with Gasteiger partial charge in [-0.2, -0.15) is 0 Å². The predicted molar refractivity (Wildman–Crippen MR) is 165 cm³/mol. The molecule has 5 rings (SSSR count). The van der Waals surface area contributed by atoms with E-state index in [9.17, 15) is 0 Å². The molecule has 40 heavy (non-hydrogen) atoms. The van der Waals surface area contributed by atoms with Gasteiger partial charge in [0.25, 0.3) is 0 Å². The fourth-order valence-electron chi connectivity index (χ4n) is 5.04. The van der Waals surface area contributed by atoms with Crippen LogP contribution < -0.4 is 15.4 Å². The molecular weight excluding hydrogens is 494 g/mol. The maximum absolute atomic E-state index is 6.00. The Balaban J connectivity index is 0.949. The Morgan fingerprint density at radius 2 is 1.50 bits per heavy atom. The molecule has 0 aliphatic carbocycles. The summed E-state index contributed by atoms with van der Waals surface area (Å²) in [6.07, 6.45) is 11.3. The van der Waals surface area contributed by atoms with Crippen molar-refractivity contribution in [3.8, 4) is 5.75 Å². The molecule has 2 aromatic heterocycles. The summed E-state index contributed by atoms with van der Waals surface area (Å²) >= 11 is 0. The zero-order valence-corrected chi connectivity index (χ0v) is 23.2. The van der Waals surface area contributed by atoms with Crippen LogP contribution in [0.3, 0.4) is 0 Å². The van der Waals surface area contributed by atoms with E-state index in [1.54, 1.807) is 6.33 Å². The molecule has 6 heteroatoms. The van der Waals surface area contributed by atoms with Gasteiger partial charge in [-0.25, -0.2) is 9.97 Å². The van der Waals surface area contributed by atoms with Crippen molar-refractivity contribution in [2.75, 3.05) is 31.6 Å². The van der Waals surface area contributed by atoms with Crippen LogP contribution in [-0.2, 0) is 12.8 Å². The normalized spacial score (nSPS) is 11.2. The van der Waals surface area contributed by atoms with Gasteiger partial charge < -0.3 is 15.4 Å². The number of nitrogens with zero attached hydrogens (tertiary/aromatic N) is 3. The summed E-state index contributed by atoms with van der Waals surface area (Å²) in [5.74, 6) is 1.73. The Bertz CT molecular complexity index is 1470. The molecule has 3 aromatic carbocycles. The van der Waals surface area contributed by atoms with Crippen LogP contribution in [0.5, 0.6) is 5.75 Å². The van der Waals surface area contributed by atoms with Crippen LogP contribution in [0.25, 0.3) is 21.8 Å². The van der Waals surface area contributed by atoms with Crippen molar-refractivity contribution in [2.45, 2.75) is 44.9 Å². The number of rotatable bonds is 16. The molecule has 0 radical (unpaired) electrons. The van der Waals surface area contributed by atoms with Crippen LogP contribution in [0, 0.1) is 0 Å². The number of pyridine rings is 1. The molecule has 206 valence electrons. The summed E-state index contributed by atoms with van der Waals surface area (Å²) in [5.41, 5.74) is 4.76. The highest BCUT2D eigenvalue weighted by molar-refractivity contribution is 5.89. The molecule has 0 spiro atoms. The average molecular weight is 534 g/mol. The molecule has 2 heterocycles. The van der Waals surface area contributed by atoms with E-state index in [4.69, 9.17) is 4.74 Å². The first-order chi connectivity index (χ1) is 19.9. The third-order valence-electron chi connectivity index (χ3n) is 7.19. The smallest absolute Gasteiger partial charge is 0.137 e. The number of aromatic nitrogens is 3. The number of para-hydroxylation sites is 1. The Hall–Kier alpha value is -4.03. The number of aryl methyl sites for hydroxylation is 2. The lowest BCUT2D eigenvalue weighted by atomic mass is 10.0. The minimum absolute atomic E-state index is 0.684. The highest BCUT2D eigenvalue weighted by Crippen LogP contribution is 2.24. The molecule has 0 bridgehead atoms. The Labute approximate surface area is 237 Å². The third-order valence-corrected chi connectivity index (χ3v) is 7.19. The summed E-state index contributed by atoms with van der Waals surface area (Å²) in [6, 6.07) is 27.2. The lowest BCUT2D eigenvalue weighted by Gasteiger charge is -2.11.